The Morgan fingerprint density at radius 3 is 2.48 bits per heavy atom. The predicted molar refractivity (Wildman–Crippen MR) is 98.2 cm³/mol. The average Bonchev–Trinajstić information content (AvgIpc) is 2.55. The van der Waals surface area contributed by atoms with Gasteiger partial charge >= 0.3 is 0 Å². The molecule has 1 saturated heterocycles. The van der Waals surface area contributed by atoms with Gasteiger partial charge in [-0.15, -0.1) is 0 Å². The van der Waals surface area contributed by atoms with E-state index >= 15 is 0 Å². The third kappa shape index (κ3) is 5.24. The summed E-state index contributed by atoms with van der Waals surface area (Å²) >= 11 is 0. The lowest BCUT2D eigenvalue weighted by Crippen LogP contribution is -2.46. The fourth-order valence-corrected chi connectivity index (χ4v) is 2.94. The van der Waals surface area contributed by atoms with Crippen molar-refractivity contribution in [3.05, 3.63) is 23.8 Å². The molecule has 1 heterocycles. The van der Waals surface area contributed by atoms with Crippen molar-refractivity contribution >= 4 is 17.3 Å². The number of hydrogen-bond acceptors (Lipinski definition) is 3. The van der Waals surface area contributed by atoms with E-state index in [2.05, 4.69) is 54.9 Å². The summed E-state index contributed by atoms with van der Waals surface area (Å²) in [5, 5.41) is 3.05. The summed E-state index contributed by atoms with van der Waals surface area (Å²) in [5.41, 5.74) is 3.34. The number of carbonyl (C=O) groups is 1. The van der Waals surface area contributed by atoms with Gasteiger partial charge in [-0.25, -0.2) is 0 Å². The van der Waals surface area contributed by atoms with Crippen molar-refractivity contribution in [3.63, 3.8) is 0 Å². The summed E-state index contributed by atoms with van der Waals surface area (Å²) in [6.45, 7) is 14.1. The van der Waals surface area contributed by atoms with E-state index in [9.17, 15) is 4.79 Å². The Balaban J connectivity index is 1.94. The smallest absolute Gasteiger partial charge is 0.224 e. The van der Waals surface area contributed by atoms with E-state index in [4.69, 9.17) is 0 Å². The first-order valence-electron chi connectivity index (χ1n) is 8.87. The van der Waals surface area contributed by atoms with Crippen LogP contribution in [0.25, 0.3) is 0 Å². The third-order valence-electron chi connectivity index (χ3n) is 4.62. The van der Waals surface area contributed by atoms with Crippen molar-refractivity contribution in [3.8, 4) is 0 Å². The lowest BCUT2D eigenvalue weighted by atomic mass is 10.1. The lowest BCUT2D eigenvalue weighted by molar-refractivity contribution is -0.116. The first kappa shape index (κ1) is 17.8. The number of benzene rings is 1. The Morgan fingerprint density at radius 1 is 1.22 bits per heavy atom. The van der Waals surface area contributed by atoms with Crippen LogP contribution in [0.15, 0.2) is 18.2 Å². The molecule has 1 aliphatic heterocycles. The number of piperazine rings is 1. The van der Waals surface area contributed by atoms with Crippen molar-refractivity contribution < 1.29 is 4.79 Å². The minimum absolute atomic E-state index is 0.117. The van der Waals surface area contributed by atoms with Crippen molar-refractivity contribution in [1.29, 1.82) is 0 Å². The number of aryl methyl sites for hydroxylation is 1. The molecule has 0 spiro atoms. The number of rotatable bonds is 6. The Morgan fingerprint density at radius 2 is 1.91 bits per heavy atom. The van der Waals surface area contributed by atoms with Crippen LogP contribution in [0.2, 0.25) is 0 Å². The van der Waals surface area contributed by atoms with Crippen molar-refractivity contribution in [2.75, 3.05) is 42.9 Å². The van der Waals surface area contributed by atoms with Crippen molar-refractivity contribution in [2.45, 2.75) is 40.5 Å². The Kier molecular flexibility index (Phi) is 6.46. The van der Waals surface area contributed by atoms with E-state index in [1.54, 1.807) is 0 Å². The van der Waals surface area contributed by atoms with Crippen LogP contribution in [0.1, 0.15) is 39.2 Å². The average molecular weight is 317 g/mol. The van der Waals surface area contributed by atoms with Crippen LogP contribution >= 0.6 is 0 Å². The number of nitrogens with zero attached hydrogens (tertiary/aromatic N) is 2. The molecule has 0 radical (unpaired) electrons. The van der Waals surface area contributed by atoms with Gasteiger partial charge in [0.2, 0.25) is 5.91 Å². The molecule has 4 heteroatoms. The normalized spacial score (nSPS) is 16.0. The molecule has 128 valence electrons. The topological polar surface area (TPSA) is 35.6 Å². The van der Waals surface area contributed by atoms with E-state index in [1.807, 2.05) is 6.07 Å². The number of amides is 1. The number of anilines is 2. The van der Waals surface area contributed by atoms with E-state index in [-0.39, 0.29) is 5.91 Å². The Bertz CT molecular complexity index is 519. The second-order valence-corrected chi connectivity index (χ2v) is 6.90. The van der Waals surface area contributed by atoms with Gasteiger partial charge in [0.25, 0.3) is 0 Å². The van der Waals surface area contributed by atoms with Gasteiger partial charge in [-0.05, 0) is 49.6 Å². The highest BCUT2D eigenvalue weighted by molar-refractivity contribution is 5.91. The number of likely N-dealkylation sites (N-methyl/N-ethyl adjacent to an activating group) is 1. The highest BCUT2D eigenvalue weighted by Crippen LogP contribution is 2.24. The molecule has 1 N–H and O–H groups in total. The summed E-state index contributed by atoms with van der Waals surface area (Å²) in [7, 11) is 0. The van der Waals surface area contributed by atoms with Gasteiger partial charge in [-0.1, -0.05) is 20.8 Å². The molecule has 0 aromatic heterocycles. The van der Waals surface area contributed by atoms with Crippen LogP contribution in [0.5, 0.6) is 0 Å². The fraction of sp³-hybridized carbons (Fsp3) is 0.632. The molecular formula is C19H31N3O. The molecular weight excluding hydrogens is 286 g/mol. The van der Waals surface area contributed by atoms with Gasteiger partial charge in [0.05, 0.1) is 0 Å². The molecule has 1 amide bonds. The SMILES string of the molecule is CCN1CCN(c2ccc(NC(=O)CCC(C)C)c(C)c2)CC1. The zero-order valence-electron chi connectivity index (χ0n) is 15.1. The van der Waals surface area contributed by atoms with Crippen LogP contribution < -0.4 is 10.2 Å². The second kappa shape index (κ2) is 8.34. The molecule has 4 nitrogen and oxygen atoms in total. The zero-order chi connectivity index (χ0) is 16.8. The van der Waals surface area contributed by atoms with E-state index in [1.165, 1.54) is 5.69 Å². The van der Waals surface area contributed by atoms with E-state index in [0.717, 1.165) is 50.4 Å². The second-order valence-electron chi connectivity index (χ2n) is 6.90. The Hall–Kier alpha value is -1.55. The third-order valence-corrected chi connectivity index (χ3v) is 4.62. The van der Waals surface area contributed by atoms with Crippen LogP contribution in [0.4, 0.5) is 11.4 Å². The predicted octanol–water partition coefficient (Wildman–Crippen LogP) is 3.51. The summed E-state index contributed by atoms with van der Waals surface area (Å²) < 4.78 is 0. The van der Waals surface area contributed by atoms with Gasteiger partial charge in [0, 0.05) is 44.0 Å². The largest absolute Gasteiger partial charge is 0.369 e. The molecule has 1 fully saturated rings. The molecule has 1 aromatic rings. The summed E-state index contributed by atoms with van der Waals surface area (Å²) in [5.74, 6) is 0.678. The molecule has 23 heavy (non-hydrogen) atoms. The maximum Gasteiger partial charge on any atom is 0.224 e. The first-order chi connectivity index (χ1) is 11.0. The van der Waals surface area contributed by atoms with Gasteiger partial charge in [-0.3, -0.25) is 4.79 Å². The van der Waals surface area contributed by atoms with Gasteiger partial charge in [0.15, 0.2) is 0 Å². The standard InChI is InChI=1S/C19H31N3O/c1-5-21-10-12-22(13-11-21)17-7-8-18(16(4)14-17)20-19(23)9-6-15(2)3/h7-8,14-15H,5-6,9-13H2,1-4H3,(H,20,23). The van der Waals surface area contributed by atoms with Crippen molar-refractivity contribution in [2.24, 2.45) is 5.92 Å². The van der Waals surface area contributed by atoms with Gasteiger partial charge < -0.3 is 15.1 Å². The molecule has 0 bridgehead atoms. The Labute approximate surface area is 140 Å². The molecule has 0 unspecified atom stereocenters. The van der Waals surface area contributed by atoms with E-state index < -0.39 is 0 Å². The molecule has 0 saturated carbocycles. The lowest BCUT2D eigenvalue weighted by Gasteiger charge is -2.35. The summed E-state index contributed by atoms with van der Waals surface area (Å²) in [6, 6.07) is 6.37. The van der Waals surface area contributed by atoms with Crippen molar-refractivity contribution in [1.82, 2.24) is 4.90 Å². The summed E-state index contributed by atoms with van der Waals surface area (Å²) in [4.78, 5) is 16.9. The highest BCUT2D eigenvalue weighted by atomic mass is 16.1. The fourth-order valence-electron chi connectivity index (χ4n) is 2.94. The van der Waals surface area contributed by atoms with Crippen LogP contribution in [0, 0.1) is 12.8 Å². The minimum Gasteiger partial charge on any atom is -0.369 e. The molecule has 0 aliphatic carbocycles. The zero-order valence-corrected chi connectivity index (χ0v) is 15.1. The quantitative estimate of drug-likeness (QED) is 0.872. The number of carbonyl (C=O) groups excluding carboxylic acids is 1. The molecule has 0 atom stereocenters. The minimum atomic E-state index is 0.117. The highest BCUT2D eigenvalue weighted by Gasteiger charge is 2.16. The van der Waals surface area contributed by atoms with Crippen LogP contribution in [0.3, 0.4) is 0 Å². The van der Waals surface area contributed by atoms with Gasteiger partial charge in [-0.2, -0.15) is 0 Å². The number of nitrogens with one attached hydrogen (secondary N) is 1. The van der Waals surface area contributed by atoms with Crippen LogP contribution in [-0.4, -0.2) is 43.5 Å². The monoisotopic (exact) mass is 317 g/mol. The number of hydrogen-bond donors (Lipinski definition) is 1. The van der Waals surface area contributed by atoms with Gasteiger partial charge in [0.1, 0.15) is 0 Å². The maximum atomic E-state index is 12.0. The van der Waals surface area contributed by atoms with Crippen LogP contribution in [-0.2, 0) is 4.79 Å². The first-order valence-corrected chi connectivity index (χ1v) is 8.87. The molecule has 1 aromatic carbocycles. The van der Waals surface area contributed by atoms with E-state index in [0.29, 0.717) is 12.3 Å². The molecule has 1 aliphatic rings. The molecule has 2 rings (SSSR count). The summed E-state index contributed by atoms with van der Waals surface area (Å²) in [6.07, 6.45) is 1.53. The maximum absolute atomic E-state index is 12.0.